The van der Waals surface area contributed by atoms with Gasteiger partial charge in [0.25, 0.3) is 0 Å². The second-order valence-electron chi connectivity index (χ2n) is 8.97. The van der Waals surface area contributed by atoms with E-state index in [2.05, 4.69) is 75.4 Å². The van der Waals surface area contributed by atoms with Crippen molar-refractivity contribution in [1.82, 2.24) is 0 Å². The predicted molar refractivity (Wildman–Crippen MR) is 119 cm³/mol. The third kappa shape index (κ3) is 4.67. The summed E-state index contributed by atoms with van der Waals surface area (Å²) >= 11 is 0. The van der Waals surface area contributed by atoms with Crippen LogP contribution in [0.5, 0.6) is 0 Å². The maximum atomic E-state index is 9.98. The summed E-state index contributed by atoms with van der Waals surface area (Å²) in [5, 5.41) is 9.98. The summed E-state index contributed by atoms with van der Waals surface area (Å²) in [6.07, 6.45) is 9.56. The summed E-state index contributed by atoms with van der Waals surface area (Å²) in [5.41, 5.74) is 5.08. The van der Waals surface area contributed by atoms with Crippen molar-refractivity contribution in [2.45, 2.75) is 78.1 Å². The van der Waals surface area contributed by atoms with Crippen LogP contribution in [-0.4, -0.2) is 0 Å². The molecule has 2 aromatic rings. The van der Waals surface area contributed by atoms with Crippen LogP contribution in [0.4, 0.5) is 0 Å². The fraction of sp³-hybridized carbons (Fsp3) is 0.519. The van der Waals surface area contributed by atoms with Gasteiger partial charge in [-0.1, -0.05) is 95.0 Å². The van der Waals surface area contributed by atoms with Crippen molar-refractivity contribution in [3.63, 3.8) is 0 Å². The summed E-state index contributed by atoms with van der Waals surface area (Å²) < 4.78 is 0. The minimum absolute atomic E-state index is 0.195. The first-order valence-corrected chi connectivity index (χ1v) is 11.2. The van der Waals surface area contributed by atoms with Crippen LogP contribution in [0.2, 0.25) is 0 Å². The second kappa shape index (κ2) is 9.42. The first kappa shape index (κ1) is 20.7. The van der Waals surface area contributed by atoms with Gasteiger partial charge < -0.3 is 0 Å². The smallest absolute Gasteiger partial charge is 0.0696 e. The van der Waals surface area contributed by atoms with Crippen LogP contribution in [0.1, 0.15) is 82.8 Å². The lowest BCUT2D eigenvalue weighted by Crippen LogP contribution is -2.31. The number of rotatable bonds is 7. The molecule has 3 unspecified atom stereocenters. The van der Waals surface area contributed by atoms with Crippen molar-refractivity contribution in [3.05, 3.63) is 59.7 Å². The molecule has 28 heavy (non-hydrogen) atoms. The maximum absolute atomic E-state index is 9.98. The van der Waals surface area contributed by atoms with E-state index in [1.165, 1.54) is 60.8 Å². The van der Waals surface area contributed by atoms with E-state index in [9.17, 15) is 5.26 Å². The first-order valence-electron chi connectivity index (χ1n) is 11.2. The standard InChI is InChI=1S/C27H35N/c1-4-5-6-9-23-10-12-25(13-11-23)26-16-14-24(15-17-26)22(3)27(20-28)18-7-8-21(2)19-27/h10-17,21-22H,4-9,18-19H2,1-3H3. The average molecular weight is 374 g/mol. The number of unbranched alkanes of at least 4 members (excludes halogenated alkanes) is 2. The Kier molecular flexibility index (Phi) is 6.95. The Hall–Kier alpha value is -2.07. The number of benzene rings is 2. The minimum Gasteiger partial charge on any atom is -0.198 e. The van der Waals surface area contributed by atoms with Gasteiger partial charge in [0.15, 0.2) is 0 Å². The van der Waals surface area contributed by atoms with E-state index in [-0.39, 0.29) is 11.3 Å². The van der Waals surface area contributed by atoms with E-state index in [0.717, 1.165) is 12.8 Å². The molecule has 0 heterocycles. The van der Waals surface area contributed by atoms with Gasteiger partial charge in [0.05, 0.1) is 11.5 Å². The number of hydrogen-bond donors (Lipinski definition) is 0. The molecule has 3 atom stereocenters. The third-order valence-corrected chi connectivity index (χ3v) is 6.85. The molecule has 1 fully saturated rings. The zero-order valence-electron chi connectivity index (χ0n) is 17.9. The molecule has 1 aliphatic carbocycles. The molecule has 1 heteroatoms. The highest BCUT2D eigenvalue weighted by Gasteiger charge is 2.40. The van der Waals surface area contributed by atoms with Crippen LogP contribution >= 0.6 is 0 Å². The highest BCUT2D eigenvalue weighted by atomic mass is 14.5. The lowest BCUT2D eigenvalue weighted by atomic mass is 9.63. The summed E-state index contributed by atoms with van der Waals surface area (Å²) in [4.78, 5) is 0. The van der Waals surface area contributed by atoms with E-state index in [1.54, 1.807) is 0 Å². The lowest BCUT2D eigenvalue weighted by molar-refractivity contribution is 0.179. The fourth-order valence-corrected chi connectivity index (χ4v) is 4.91. The molecule has 0 amide bonds. The van der Waals surface area contributed by atoms with Crippen molar-refractivity contribution in [1.29, 1.82) is 5.26 Å². The quantitative estimate of drug-likeness (QED) is 0.452. The minimum atomic E-state index is -0.195. The molecule has 1 nitrogen and oxygen atoms in total. The van der Waals surface area contributed by atoms with E-state index in [1.807, 2.05) is 0 Å². The number of hydrogen-bond acceptors (Lipinski definition) is 1. The first-order chi connectivity index (χ1) is 13.6. The van der Waals surface area contributed by atoms with Gasteiger partial charge in [0, 0.05) is 0 Å². The highest BCUT2D eigenvalue weighted by Crippen LogP contribution is 2.48. The number of nitrogens with zero attached hydrogens (tertiary/aromatic N) is 1. The molecule has 2 aromatic carbocycles. The van der Waals surface area contributed by atoms with Crippen molar-refractivity contribution in [2.24, 2.45) is 11.3 Å². The monoisotopic (exact) mass is 373 g/mol. The molecule has 0 N–H and O–H groups in total. The van der Waals surface area contributed by atoms with Gasteiger partial charge in [-0.3, -0.25) is 0 Å². The Morgan fingerprint density at radius 2 is 1.68 bits per heavy atom. The van der Waals surface area contributed by atoms with Crippen molar-refractivity contribution < 1.29 is 0 Å². The van der Waals surface area contributed by atoms with Gasteiger partial charge in [-0.25, -0.2) is 0 Å². The summed E-state index contributed by atoms with van der Waals surface area (Å²) in [5.74, 6) is 0.946. The molecule has 3 rings (SSSR count). The number of nitriles is 1. The second-order valence-corrected chi connectivity index (χ2v) is 8.97. The van der Waals surface area contributed by atoms with Gasteiger partial charge in [-0.2, -0.15) is 5.26 Å². The van der Waals surface area contributed by atoms with Gasteiger partial charge in [-0.05, 0) is 59.8 Å². The van der Waals surface area contributed by atoms with Crippen LogP contribution in [0, 0.1) is 22.7 Å². The van der Waals surface area contributed by atoms with E-state index in [0.29, 0.717) is 5.92 Å². The zero-order chi connectivity index (χ0) is 20.0. The molecular weight excluding hydrogens is 338 g/mol. The van der Waals surface area contributed by atoms with Crippen LogP contribution in [-0.2, 0) is 6.42 Å². The number of aryl methyl sites for hydroxylation is 1. The molecule has 0 radical (unpaired) electrons. The molecule has 0 aliphatic heterocycles. The van der Waals surface area contributed by atoms with E-state index < -0.39 is 0 Å². The molecule has 0 spiro atoms. The van der Waals surface area contributed by atoms with Crippen LogP contribution < -0.4 is 0 Å². The third-order valence-electron chi connectivity index (χ3n) is 6.85. The molecule has 0 saturated heterocycles. The van der Waals surface area contributed by atoms with Crippen molar-refractivity contribution in [2.75, 3.05) is 0 Å². The lowest BCUT2D eigenvalue weighted by Gasteiger charge is -2.39. The van der Waals surface area contributed by atoms with Gasteiger partial charge in [0.2, 0.25) is 0 Å². The summed E-state index contributed by atoms with van der Waals surface area (Å²) in [6, 6.07) is 20.7. The average Bonchev–Trinajstić information content (AvgIpc) is 2.74. The van der Waals surface area contributed by atoms with Gasteiger partial charge in [0.1, 0.15) is 0 Å². The van der Waals surface area contributed by atoms with Crippen molar-refractivity contribution >= 4 is 0 Å². The zero-order valence-corrected chi connectivity index (χ0v) is 17.9. The molecule has 0 bridgehead atoms. The Labute approximate surface area is 171 Å². The normalized spacial score (nSPS) is 23.1. The largest absolute Gasteiger partial charge is 0.198 e. The molecule has 1 aliphatic rings. The summed E-state index contributed by atoms with van der Waals surface area (Å²) in [6.45, 7) is 6.80. The Morgan fingerprint density at radius 3 is 2.25 bits per heavy atom. The van der Waals surface area contributed by atoms with Crippen LogP contribution in [0.15, 0.2) is 48.5 Å². The summed E-state index contributed by atoms with van der Waals surface area (Å²) in [7, 11) is 0. The Balaban J connectivity index is 1.71. The Morgan fingerprint density at radius 1 is 1.04 bits per heavy atom. The Bertz CT molecular complexity index is 781. The van der Waals surface area contributed by atoms with Crippen LogP contribution in [0.3, 0.4) is 0 Å². The fourth-order valence-electron chi connectivity index (χ4n) is 4.91. The van der Waals surface area contributed by atoms with Gasteiger partial charge in [-0.15, -0.1) is 0 Å². The van der Waals surface area contributed by atoms with E-state index >= 15 is 0 Å². The predicted octanol–water partition coefficient (Wildman–Crippen LogP) is 7.91. The molecule has 1 saturated carbocycles. The molecule has 0 aromatic heterocycles. The SMILES string of the molecule is CCCCCc1ccc(-c2ccc(C(C)C3(C#N)CCCC(C)C3)cc2)cc1. The highest BCUT2D eigenvalue weighted by molar-refractivity contribution is 5.64. The molecular formula is C27H35N. The van der Waals surface area contributed by atoms with Gasteiger partial charge >= 0.3 is 0 Å². The van der Waals surface area contributed by atoms with Crippen molar-refractivity contribution in [3.8, 4) is 17.2 Å². The topological polar surface area (TPSA) is 23.8 Å². The van der Waals surface area contributed by atoms with Crippen LogP contribution in [0.25, 0.3) is 11.1 Å². The van der Waals surface area contributed by atoms with E-state index in [4.69, 9.17) is 0 Å². The molecule has 148 valence electrons. The maximum Gasteiger partial charge on any atom is 0.0696 e.